The molecule has 1 fully saturated rings. The molecule has 158 valence electrons. The van der Waals surface area contributed by atoms with E-state index in [4.69, 9.17) is 0 Å². The fourth-order valence-corrected chi connectivity index (χ4v) is 2.98. The van der Waals surface area contributed by atoms with Crippen LogP contribution in [-0.2, 0) is 11.3 Å². The third kappa shape index (κ3) is 8.62. The van der Waals surface area contributed by atoms with Crippen molar-refractivity contribution in [3.63, 3.8) is 0 Å². The predicted molar refractivity (Wildman–Crippen MR) is 126 cm³/mol. The zero-order chi connectivity index (χ0) is 19.9. The molecule has 1 aliphatic heterocycles. The molecule has 0 atom stereocenters. The number of carbonyl (C=O) groups is 1. The Hall–Kier alpha value is -1.58. The lowest BCUT2D eigenvalue weighted by Gasteiger charge is -2.31. The van der Waals surface area contributed by atoms with Crippen molar-refractivity contribution in [2.75, 3.05) is 31.6 Å². The van der Waals surface area contributed by atoms with E-state index in [0.29, 0.717) is 12.5 Å². The third-order valence-electron chi connectivity index (χ3n) is 4.53. The molecule has 0 radical (unpaired) electrons. The Morgan fingerprint density at radius 3 is 2.46 bits per heavy atom. The number of guanidine groups is 1. The van der Waals surface area contributed by atoms with Crippen LogP contribution in [0.5, 0.6) is 0 Å². The molecule has 28 heavy (non-hydrogen) atoms. The summed E-state index contributed by atoms with van der Waals surface area (Å²) in [6.45, 7) is 11.1. The molecule has 1 amide bonds. The van der Waals surface area contributed by atoms with Crippen molar-refractivity contribution < 1.29 is 4.79 Å². The number of carbonyl (C=O) groups excluding carboxylic acids is 1. The van der Waals surface area contributed by atoms with E-state index in [2.05, 4.69) is 49.9 Å². The highest BCUT2D eigenvalue weighted by Crippen LogP contribution is 2.21. The number of aromatic nitrogens is 1. The van der Waals surface area contributed by atoms with Crippen LogP contribution in [0.2, 0.25) is 0 Å². The average molecular weight is 502 g/mol. The number of hydrogen-bond acceptors (Lipinski definition) is 4. The first kappa shape index (κ1) is 24.5. The second-order valence-corrected chi connectivity index (χ2v) is 8.27. The number of nitrogens with zero attached hydrogens (tertiary/aromatic N) is 3. The van der Waals surface area contributed by atoms with Crippen molar-refractivity contribution in [2.24, 2.45) is 10.9 Å². The molecule has 0 aromatic carbocycles. The van der Waals surface area contributed by atoms with Gasteiger partial charge < -0.3 is 20.9 Å². The summed E-state index contributed by atoms with van der Waals surface area (Å²) in [7, 11) is 1.69. The Kier molecular flexibility index (Phi) is 9.98. The number of amides is 1. The summed E-state index contributed by atoms with van der Waals surface area (Å²) in [5, 5.41) is 9.15. The SMILES string of the molecule is CN=C(NCC(=O)NC(C)(C)C)NCc1ccc(N2CCC(C)CC2)nc1.I. The van der Waals surface area contributed by atoms with E-state index in [9.17, 15) is 4.79 Å². The third-order valence-corrected chi connectivity index (χ3v) is 4.53. The zero-order valence-electron chi connectivity index (χ0n) is 17.7. The number of rotatable bonds is 5. The summed E-state index contributed by atoms with van der Waals surface area (Å²) in [5.41, 5.74) is 0.835. The first-order valence-corrected chi connectivity index (χ1v) is 9.72. The number of piperidine rings is 1. The van der Waals surface area contributed by atoms with Gasteiger partial charge in [-0.25, -0.2) is 4.98 Å². The molecule has 7 nitrogen and oxygen atoms in total. The molecule has 3 N–H and O–H groups in total. The second kappa shape index (κ2) is 11.4. The Morgan fingerprint density at radius 2 is 1.93 bits per heavy atom. The molecule has 8 heteroatoms. The smallest absolute Gasteiger partial charge is 0.239 e. The lowest BCUT2D eigenvalue weighted by Crippen LogP contribution is -2.48. The van der Waals surface area contributed by atoms with Crippen molar-refractivity contribution in [1.29, 1.82) is 0 Å². The minimum atomic E-state index is -0.241. The Balaban J connectivity index is 0.00000392. The summed E-state index contributed by atoms with van der Waals surface area (Å²) < 4.78 is 0. The maximum atomic E-state index is 11.9. The van der Waals surface area contributed by atoms with E-state index >= 15 is 0 Å². The Labute approximate surface area is 186 Å². The van der Waals surface area contributed by atoms with Gasteiger partial charge in [0, 0.05) is 38.4 Å². The number of halogens is 1. The minimum Gasteiger partial charge on any atom is -0.357 e. The van der Waals surface area contributed by atoms with E-state index in [1.807, 2.05) is 27.0 Å². The van der Waals surface area contributed by atoms with Gasteiger partial charge in [0.25, 0.3) is 0 Å². The molecule has 0 spiro atoms. The van der Waals surface area contributed by atoms with Crippen LogP contribution in [0.3, 0.4) is 0 Å². The number of anilines is 1. The largest absolute Gasteiger partial charge is 0.357 e. The van der Waals surface area contributed by atoms with Crippen LogP contribution in [0.1, 0.15) is 46.1 Å². The van der Waals surface area contributed by atoms with E-state index < -0.39 is 0 Å². The van der Waals surface area contributed by atoms with Crippen LogP contribution >= 0.6 is 24.0 Å². The fraction of sp³-hybridized carbons (Fsp3) is 0.650. The van der Waals surface area contributed by atoms with Gasteiger partial charge in [-0.05, 0) is 51.2 Å². The normalized spacial score (nSPS) is 15.6. The molecular weight excluding hydrogens is 467 g/mol. The maximum absolute atomic E-state index is 11.9. The molecule has 0 bridgehead atoms. The van der Waals surface area contributed by atoms with Gasteiger partial charge in [0.15, 0.2) is 5.96 Å². The van der Waals surface area contributed by atoms with Gasteiger partial charge >= 0.3 is 0 Å². The summed E-state index contributed by atoms with van der Waals surface area (Å²) in [6, 6.07) is 4.17. The van der Waals surface area contributed by atoms with Gasteiger partial charge in [-0.2, -0.15) is 0 Å². The van der Waals surface area contributed by atoms with Gasteiger partial charge in [0.05, 0.1) is 6.54 Å². The summed E-state index contributed by atoms with van der Waals surface area (Å²) in [4.78, 5) is 23.0. The lowest BCUT2D eigenvalue weighted by atomic mass is 9.99. The number of aliphatic imine (C=N–C) groups is 1. The lowest BCUT2D eigenvalue weighted by molar-refractivity contribution is -0.121. The minimum absolute atomic E-state index is 0. The van der Waals surface area contributed by atoms with Crippen molar-refractivity contribution >= 4 is 41.7 Å². The van der Waals surface area contributed by atoms with Gasteiger partial charge in [-0.1, -0.05) is 13.0 Å². The van der Waals surface area contributed by atoms with Gasteiger partial charge in [0.2, 0.25) is 5.91 Å². The van der Waals surface area contributed by atoms with Gasteiger partial charge in [-0.3, -0.25) is 9.79 Å². The van der Waals surface area contributed by atoms with Gasteiger partial charge in [-0.15, -0.1) is 24.0 Å². The second-order valence-electron chi connectivity index (χ2n) is 8.27. The van der Waals surface area contributed by atoms with Crippen LogP contribution in [0, 0.1) is 5.92 Å². The van der Waals surface area contributed by atoms with Crippen molar-refractivity contribution in [1.82, 2.24) is 20.9 Å². The Bertz CT molecular complexity index is 633. The zero-order valence-corrected chi connectivity index (χ0v) is 20.0. The quantitative estimate of drug-likeness (QED) is 0.328. The Morgan fingerprint density at radius 1 is 1.25 bits per heavy atom. The van der Waals surface area contributed by atoms with E-state index in [-0.39, 0.29) is 42.0 Å². The van der Waals surface area contributed by atoms with Crippen molar-refractivity contribution in [3.8, 4) is 0 Å². The molecule has 1 aliphatic rings. The summed E-state index contributed by atoms with van der Waals surface area (Å²) >= 11 is 0. The average Bonchev–Trinajstić information content (AvgIpc) is 2.61. The van der Waals surface area contributed by atoms with E-state index in [1.165, 1.54) is 12.8 Å². The molecule has 1 saturated heterocycles. The van der Waals surface area contributed by atoms with E-state index in [0.717, 1.165) is 30.4 Å². The van der Waals surface area contributed by atoms with Crippen LogP contribution in [0.15, 0.2) is 23.3 Å². The topological polar surface area (TPSA) is 81.6 Å². The van der Waals surface area contributed by atoms with E-state index in [1.54, 1.807) is 7.05 Å². The highest BCUT2D eigenvalue weighted by Gasteiger charge is 2.17. The molecule has 0 aliphatic carbocycles. The van der Waals surface area contributed by atoms with Crippen LogP contribution in [-0.4, -0.2) is 49.1 Å². The first-order chi connectivity index (χ1) is 12.8. The predicted octanol–water partition coefficient (Wildman–Crippen LogP) is 2.52. The molecular formula is C20H35IN6O. The van der Waals surface area contributed by atoms with Crippen LogP contribution in [0.4, 0.5) is 5.82 Å². The molecule has 0 unspecified atom stereocenters. The molecule has 2 heterocycles. The number of nitrogens with one attached hydrogen (secondary N) is 3. The standard InChI is InChI=1S/C20H34N6O.HI/c1-15-8-10-26(11-9-15)17-7-6-16(12-22-17)13-23-19(21-5)24-14-18(27)25-20(2,3)4;/h6-7,12,15H,8-11,13-14H2,1-5H3,(H,25,27)(H2,21,23,24);1H. The molecule has 1 aromatic rings. The van der Waals surface area contributed by atoms with Crippen molar-refractivity contribution in [2.45, 2.75) is 52.6 Å². The van der Waals surface area contributed by atoms with Crippen molar-refractivity contribution in [3.05, 3.63) is 23.9 Å². The maximum Gasteiger partial charge on any atom is 0.239 e. The highest BCUT2D eigenvalue weighted by molar-refractivity contribution is 14.0. The first-order valence-electron chi connectivity index (χ1n) is 9.72. The monoisotopic (exact) mass is 502 g/mol. The molecule has 2 rings (SSSR count). The summed E-state index contributed by atoms with van der Waals surface area (Å²) in [6.07, 6.45) is 4.37. The summed E-state index contributed by atoms with van der Waals surface area (Å²) in [5.74, 6) is 2.39. The fourth-order valence-electron chi connectivity index (χ4n) is 2.98. The highest BCUT2D eigenvalue weighted by atomic mass is 127. The van der Waals surface area contributed by atoms with Gasteiger partial charge in [0.1, 0.15) is 5.82 Å². The van der Waals surface area contributed by atoms with Crippen LogP contribution in [0.25, 0.3) is 0 Å². The van der Waals surface area contributed by atoms with Crippen LogP contribution < -0.4 is 20.9 Å². The molecule has 0 saturated carbocycles. The number of pyridine rings is 1. The number of hydrogen-bond donors (Lipinski definition) is 3. The molecule has 1 aromatic heterocycles.